The number of hydrogen-bond acceptors (Lipinski definition) is 7. The molecule has 148 valence electrons. The maximum absolute atomic E-state index is 12.5. The topological polar surface area (TPSA) is 119 Å². The minimum absolute atomic E-state index is 0.123. The van der Waals surface area contributed by atoms with Gasteiger partial charge in [-0.2, -0.15) is 5.10 Å². The Morgan fingerprint density at radius 2 is 1.90 bits per heavy atom. The Balaban J connectivity index is 1.43. The Labute approximate surface area is 166 Å². The van der Waals surface area contributed by atoms with E-state index in [1.54, 1.807) is 16.8 Å². The van der Waals surface area contributed by atoms with Crippen LogP contribution in [0.1, 0.15) is 11.4 Å². The highest BCUT2D eigenvalue weighted by molar-refractivity contribution is 5.96. The fourth-order valence-electron chi connectivity index (χ4n) is 3.29. The zero-order valence-corrected chi connectivity index (χ0v) is 15.9. The molecule has 10 heteroatoms. The third-order valence-electron chi connectivity index (χ3n) is 4.80. The Morgan fingerprint density at radius 1 is 1.17 bits per heavy atom. The summed E-state index contributed by atoms with van der Waals surface area (Å²) in [5.41, 5.74) is 1.95. The van der Waals surface area contributed by atoms with E-state index < -0.39 is 4.92 Å². The van der Waals surface area contributed by atoms with Crippen molar-refractivity contribution in [3.8, 4) is 5.82 Å². The van der Waals surface area contributed by atoms with E-state index in [0.29, 0.717) is 24.7 Å². The minimum Gasteiger partial charge on any atom is -0.355 e. The van der Waals surface area contributed by atoms with E-state index >= 15 is 0 Å². The summed E-state index contributed by atoms with van der Waals surface area (Å²) in [6, 6.07) is 9.90. The Kier molecular flexibility index (Phi) is 4.67. The first kappa shape index (κ1) is 18.5. The molecule has 1 amide bonds. The van der Waals surface area contributed by atoms with Crippen molar-refractivity contribution in [2.75, 3.05) is 23.3 Å². The highest BCUT2D eigenvalue weighted by atomic mass is 16.6. The highest BCUT2D eigenvalue weighted by Gasteiger charge is 2.34. The molecule has 29 heavy (non-hydrogen) atoms. The van der Waals surface area contributed by atoms with E-state index in [1.165, 1.54) is 18.5 Å². The zero-order chi connectivity index (χ0) is 20.5. The number of carbonyl (C=O) groups excluding carboxylic acids is 1. The van der Waals surface area contributed by atoms with Crippen molar-refractivity contribution in [1.82, 2.24) is 19.7 Å². The van der Waals surface area contributed by atoms with Gasteiger partial charge in [-0.05, 0) is 26.0 Å². The fraction of sp³-hybridized carbons (Fsp3) is 0.263. The lowest BCUT2D eigenvalue weighted by molar-refractivity contribution is -0.383. The van der Waals surface area contributed by atoms with Gasteiger partial charge in [-0.1, -0.05) is 12.1 Å². The van der Waals surface area contributed by atoms with Gasteiger partial charge >= 0.3 is 0 Å². The number of nitrogens with zero attached hydrogens (tertiary/aromatic N) is 6. The van der Waals surface area contributed by atoms with Gasteiger partial charge in [-0.3, -0.25) is 14.9 Å². The summed E-state index contributed by atoms with van der Waals surface area (Å²) in [4.78, 5) is 33.6. The summed E-state index contributed by atoms with van der Waals surface area (Å²) in [5.74, 6) is 0.844. The van der Waals surface area contributed by atoms with Crippen molar-refractivity contribution >= 4 is 23.1 Å². The van der Waals surface area contributed by atoms with Gasteiger partial charge in [-0.25, -0.2) is 14.6 Å². The van der Waals surface area contributed by atoms with E-state index in [9.17, 15) is 14.9 Å². The van der Waals surface area contributed by atoms with E-state index in [-0.39, 0.29) is 23.2 Å². The molecule has 1 aliphatic heterocycles. The Hall–Kier alpha value is -3.82. The largest absolute Gasteiger partial charge is 0.355 e. The summed E-state index contributed by atoms with van der Waals surface area (Å²) in [6.45, 7) is 4.82. The third kappa shape index (κ3) is 3.64. The molecule has 1 aliphatic rings. The molecule has 0 atom stereocenters. The molecule has 0 radical (unpaired) electrons. The SMILES string of the molecule is Cc1cc(C)n(-c2cc(N3CC(C(=O)Nc4ccccc4[N+](=O)[O-])C3)ncn2)n1. The number of aromatic nitrogens is 4. The van der Waals surface area contributed by atoms with Crippen LogP contribution in [0.3, 0.4) is 0 Å². The minimum atomic E-state index is -0.510. The van der Waals surface area contributed by atoms with Gasteiger partial charge in [0.1, 0.15) is 17.8 Å². The number of nitrogens with one attached hydrogen (secondary N) is 1. The first-order valence-electron chi connectivity index (χ1n) is 9.07. The number of para-hydroxylation sites is 2. The molecule has 4 rings (SSSR count). The molecule has 1 fully saturated rings. The smallest absolute Gasteiger partial charge is 0.292 e. The summed E-state index contributed by atoms with van der Waals surface area (Å²) < 4.78 is 1.75. The van der Waals surface area contributed by atoms with Crippen molar-refractivity contribution < 1.29 is 9.72 Å². The average molecular weight is 393 g/mol. The van der Waals surface area contributed by atoms with Gasteiger partial charge in [0.2, 0.25) is 5.91 Å². The van der Waals surface area contributed by atoms with Gasteiger partial charge in [0.25, 0.3) is 5.69 Å². The van der Waals surface area contributed by atoms with Crippen LogP contribution in [0.2, 0.25) is 0 Å². The monoisotopic (exact) mass is 393 g/mol. The van der Waals surface area contributed by atoms with E-state index in [0.717, 1.165) is 11.4 Å². The van der Waals surface area contributed by atoms with Crippen molar-refractivity contribution in [2.24, 2.45) is 5.92 Å². The lowest BCUT2D eigenvalue weighted by Gasteiger charge is -2.39. The lowest BCUT2D eigenvalue weighted by atomic mass is 9.99. The standard InChI is InChI=1S/C19H19N7O3/c1-12-7-13(2)25(23-12)18-8-17(20-11-21-18)24-9-14(10-24)19(27)22-15-5-3-4-6-16(15)26(28)29/h3-8,11,14H,9-10H2,1-2H3,(H,22,27). The first-order chi connectivity index (χ1) is 13.9. The molecule has 1 N–H and O–H groups in total. The first-order valence-corrected chi connectivity index (χ1v) is 9.07. The molecule has 1 saturated heterocycles. The van der Waals surface area contributed by atoms with Crippen molar-refractivity contribution in [3.05, 3.63) is 64.2 Å². The zero-order valence-electron chi connectivity index (χ0n) is 15.9. The number of anilines is 2. The van der Waals surface area contributed by atoms with Crippen molar-refractivity contribution in [3.63, 3.8) is 0 Å². The number of amides is 1. The number of aryl methyl sites for hydroxylation is 2. The summed E-state index contributed by atoms with van der Waals surface area (Å²) in [7, 11) is 0. The molecule has 2 aromatic heterocycles. The molecular formula is C19H19N7O3. The number of nitro benzene ring substituents is 1. The molecule has 3 heterocycles. The fourth-order valence-corrected chi connectivity index (χ4v) is 3.29. The van der Waals surface area contributed by atoms with Gasteiger partial charge in [0, 0.05) is 30.9 Å². The van der Waals surface area contributed by atoms with E-state index in [2.05, 4.69) is 20.4 Å². The molecule has 0 unspecified atom stereocenters. The Bertz CT molecular complexity index is 1090. The molecule has 0 spiro atoms. The van der Waals surface area contributed by atoms with E-state index in [1.807, 2.05) is 30.9 Å². The number of hydrogen-bond donors (Lipinski definition) is 1. The predicted octanol–water partition coefficient (Wildman–Crippen LogP) is 2.26. The summed E-state index contributed by atoms with van der Waals surface area (Å²) >= 11 is 0. The van der Waals surface area contributed by atoms with Gasteiger partial charge in [-0.15, -0.1) is 0 Å². The molecule has 0 bridgehead atoms. The number of benzene rings is 1. The van der Waals surface area contributed by atoms with Crippen LogP contribution in [0.4, 0.5) is 17.2 Å². The van der Waals surface area contributed by atoms with Crippen LogP contribution in [0, 0.1) is 29.9 Å². The normalized spacial score (nSPS) is 13.8. The number of rotatable bonds is 5. The summed E-state index contributed by atoms with van der Waals surface area (Å²) in [5, 5.41) is 18.2. The maximum atomic E-state index is 12.5. The van der Waals surface area contributed by atoms with Gasteiger partial charge < -0.3 is 10.2 Å². The molecule has 0 saturated carbocycles. The second-order valence-corrected chi connectivity index (χ2v) is 6.94. The summed E-state index contributed by atoms with van der Waals surface area (Å²) in [6.07, 6.45) is 1.47. The van der Waals surface area contributed by atoms with Crippen LogP contribution in [0.5, 0.6) is 0 Å². The third-order valence-corrected chi connectivity index (χ3v) is 4.80. The number of carbonyl (C=O) groups is 1. The molecule has 0 aliphatic carbocycles. The van der Waals surface area contributed by atoms with Gasteiger partial charge in [0.15, 0.2) is 5.82 Å². The quantitative estimate of drug-likeness (QED) is 0.521. The van der Waals surface area contributed by atoms with Crippen molar-refractivity contribution in [1.29, 1.82) is 0 Å². The molecule has 10 nitrogen and oxygen atoms in total. The predicted molar refractivity (Wildman–Crippen MR) is 106 cm³/mol. The molecule has 1 aromatic carbocycles. The average Bonchev–Trinajstić information content (AvgIpc) is 2.99. The van der Waals surface area contributed by atoms with Crippen LogP contribution >= 0.6 is 0 Å². The Morgan fingerprint density at radius 3 is 2.59 bits per heavy atom. The molecule has 3 aromatic rings. The second-order valence-electron chi connectivity index (χ2n) is 6.94. The van der Waals surface area contributed by atoms with Crippen LogP contribution in [-0.4, -0.2) is 43.7 Å². The second kappa shape index (κ2) is 7.30. The number of nitro groups is 1. The maximum Gasteiger partial charge on any atom is 0.292 e. The van der Waals surface area contributed by atoms with Crippen LogP contribution in [-0.2, 0) is 4.79 Å². The highest BCUT2D eigenvalue weighted by Crippen LogP contribution is 2.27. The van der Waals surface area contributed by atoms with Crippen LogP contribution in [0.25, 0.3) is 5.82 Å². The van der Waals surface area contributed by atoms with Gasteiger partial charge in [0.05, 0.1) is 16.5 Å². The lowest BCUT2D eigenvalue weighted by Crippen LogP contribution is -2.52. The van der Waals surface area contributed by atoms with Crippen LogP contribution < -0.4 is 10.2 Å². The van der Waals surface area contributed by atoms with E-state index in [4.69, 9.17) is 0 Å². The molecular weight excluding hydrogens is 374 g/mol. The van der Waals surface area contributed by atoms with Crippen LogP contribution in [0.15, 0.2) is 42.7 Å². The van der Waals surface area contributed by atoms with Crippen molar-refractivity contribution in [2.45, 2.75) is 13.8 Å².